The zero-order valence-corrected chi connectivity index (χ0v) is 15.0. The molecule has 1 N–H and O–H groups in total. The van der Waals surface area contributed by atoms with E-state index in [1.807, 2.05) is 19.1 Å². The lowest BCUT2D eigenvalue weighted by Crippen LogP contribution is -2.16. The molecule has 0 saturated carbocycles. The molecule has 3 rings (SSSR count). The number of benzene rings is 1. The van der Waals surface area contributed by atoms with Gasteiger partial charge in [0.15, 0.2) is 0 Å². The largest absolute Gasteiger partial charge is 0.465 e. The number of hydrogen-bond donors (Lipinski definition) is 1. The second-order valence-corrected chi connectivity index (χ2v) is 7.47. The maximum Gasteiger partial charge on any atom is 0.341 e. The summed E-state index contributed by atoms with van der Waals surface area (Å²) in [6.07, 6.45) is 2.86. The van der Waals surface area contributed by atoms with Crippen molar-refractivity contribution in [1.29, 1.82) is 0 Å². The number of fused-ring (bicyclic) bond motifs is 1. The Morgan fingerprint density at radius 2 is 1.96 bits per heavy atom. The Kier molecular flexibility index (Phi) is 4.71. The Bertz CT molecular complexity index is 777. The van der Waals surface area contributed by atoms with Crippen molar-refractivity contribution < 1.29 is 14.3 Å². The molecule has 4 nitrogen and oxygen atoms in total. The van der Waals surface area contributed by atoms with E-state index < -0.39 is 0 Å². The quantitative estimate of drug-likeness (QED) is 0.849. The van der Waals surface area contributed by atoms with Crippen LogP contribution in [0.4, 0.5) is 5.00 Å². The van der Waals surface area contributed by atoms with Crippen LogP contribution in [0.1, 0.15) is 50.1 Å². The second kappa shape index (κ2) is 6.77. The van der Waals surface area contributed by atoms with Gasteiger partial charge < -0.3 is 10.1 Å². The molecule has 0 fully saturated rings. The Hall–Kier alpha value is -2.14. The van der Waals surface area contributed by atoms with Crippen LogP contribution in [0.2, 0.25) is 0 Å². The Morgan fingerprint density at radius 3 is 2.62 bits per heavy atom. The van der Waals surface area contributed by atoms with E-state index in [9.17, 15) is 9.59 Å². The van der Waals surface area contributed by atoms with E-state index in [1.165, 1.54) is 23.3 Å². The predicted molar refractivity (Wildman–Crippen MR) is 96.0 cm³/mol. The molecule has 1 aromatic carbocycles. The molecule has 1 aliphatic rings. The van der Waals surface area contributed by atoms with Gasteiger partial charge in [0.05, 0.1) is 12.7 Å². The molecule has 1 aliphatic carbocycles. The van der Waals surface area contributed by atoms with Gasteiger partial charge in [-0.05, 0) is 49.8 Å². The number of anilines is 1. The average molecular weight is 343 g/mol. The lowest BCUT2D eigenvalue weighted by atomic mass is 9.88. The zero-order chi connectivity index (χ0) is 17.3. The summed E-state index contributed by atoms with van der Waals surface area (Å²) in [6, 6.07) is 7.38. The molecule has 0 saturated heterocycles. The molecule has 1 aromatic heterocycles. The minimum absolute atomic E-state index is 0.202. The molecule has 0 radical (unpaired) electrons. The molecule has 0 bridgehead atoms. The first-order valence-electron chi connectivity index (χ1n) is 8.10. The van der Waals surface area contributed by atoms with Gasteiger partial charge in [-0.15, -0.1) is 11.3 Å². The van der Waals surface area contributed by atoms with E-state index >= 15 is 0 Å². The summed E-state index contributed by atoms with van der Waals surface area (Å²) < 4.78 is 4.95. The highest BCUT2D eigenvalue weighted by molar-refractivity contribution is 7.17. The molecule has 1 atom stereocenters. The Morgan fingerprint density at radius 1 is 1.25 bits per heavy atom. The molecule has 1 amide bonds. The van der Waals surface area contributed by atoms with Gasteiger partial charge in [0.1, 0.15) is 5.00 Å². The van der Waals surface area contributed by atoms with Gasteiger partial charge in [0.2, 0.25) is 0 Å². The van der Waals surface area contributed by atoms with Crippen molar-refractivity contribution in [3.8, 4) is 0 Å². The van der Waals surface area contributed by atoms with Gasteiger partial charge >= 0.3 is 5.97 Å². The van der Waals surface area contributed by atoms with Gasteiger partial charge in [0, 0.05) is 10.4 Å². The third-order valence-electron chi connectivity index (χ3n) is 4.44. The number of aryl methyl sites for hydroxylation is 1. The van der Waals surface area contributed by atoms with Crippen LogP contribution in [-0.4, -0.2) is 19.0 Å². The Labute approximate surface area is 145 Å². The summed E-state index contributed by atoms with van der Waals surface area (Å²) in [6.45, 7) is 4.19. The van der Waals surface area contributed by atoms with Crippen molar-refractivity contribution in [1.82, 2.24) is 0 Å². The number of carbonyl (C=O) groups is 2. The van der Waals surface area contributed by atoms with E-state index in [4.69, 9.17) is 4.74 Å². The normalized spacial score (nSPS) is 16.4. The van der Waals surface area contributed by atoms with Gasteiger partial charge in [-0.2, -0.15) is 0 Å². The van der Waals surface area contributed by atoms with Crippen molar-refractivity contribution in [2.75, 3.05) is 12.4 Å². The monoisotopic (exact) mass is 343 g/mol. The number of carbonyl (C=O) groups excluding carboxylic acids is 2. The summed E-state index contributed by atoms with van der Waals surface area (Å²) in [5, 5.41) is 3.52. The summed E-state index contributed by atoms with van der Waals surface area (Å²) >= 11 is 1.50. The van der Waals surface area contributed by atoms with Crippen LogP contribution in [0, 0.1) is 12.8 Å². The van der Waals surface area contributed by atoms with Crippen molar-refractivity contribution in [2.45, 2.75) is 33.1 Å². The fourth-order valence-corrected chi connectivity index (χ4v) is 4.43. The fourth-order valence-electron chi connectivity index (χ4n) is 3.04. The highest BCUT2D eigenvalue weighted by Gasteiger charge is 2.28. The van der Waals surface area contributed by atoms with Gasteiger partial charge in [-0.1, -0.05) is 24.6 Å². The smallest absolute Gasteiger partial charge is 0.341 e. The number of nitrogens with one attached hydrogen (secondary N) is 1. The molecule has 2 aromatic rings. The number of amides is 1. The van der Waals surface area contributed by atoms with E-state index in [0.717, 1.165) is 30.4 Å². The fraction of sp³-hybridized carbons (Fsp3) is 0.368. The average Bonchev–Trinajstić information content (AvgIpc) is 2.91. The molecule has 5 heteroatoms. The maximum absolute atomic E-state index is 12.5. The van der Waals surface area contributed by atoms with E-state index in [-0.39, 0.29) is 11.9 Å². The first-order valence-corrected chi connectivity index (χ1v) is 8.92. The number of ether oxygens (including phenoxy) is 1. The maximum atomic E-state index is 12.5. The highest BCUT2D eigenvalue weighted by atomic mass is 32.1. The lowest BCUT2D eigenvalue weighted by Gasteiger charge is -2.18. The van der Waals surface area contributed by atoms with Crippen LogP contribution in [0.25, 0.3) is 0 Å². The van der Waals surface area contributed by atoms with Crippen molar-refractivity contribution in [3.05, 3.63) is 51.4 Å². The first-order chi connectivity index (χ1) is 11.5. The molecule has 0 unspecified atom stereocenters. The summed E-state index contributed by atoms with van der Waals surface area (Å²) in [4.78, 5) is 25.9. The number of rotatable bonds is 3. The van der Waals surface area contributed by atoms with Crippen molar-refractivity contribution >= 4 is 28.2 Å². The molecule has 24 heavy (non-hydrogen) atoms. The topological polar surface area (TPSA) is 55.4 Å². The van der Waals surface area contributed by atoms with E-state index in [0.29, 0.717) is 22.0 Å². The molecule has 1 heterocycles. The predicted octanol–water partition coefficient (Wildman–Crippen LogP) is 4.22. The zero-order valence-electron chi connectivity index (χ0n) is 14.1. The SMILES string of the molecule is COC(=O)c1c(NC(=O)c2ccc(C)cc2)sc2c1CC[C@@H](C)C2. The third-order valence-corrected chi connectivity index (χ3v) is 5.61. The van der Waals surface area contributed by atoms with E-state index in [1.54, 1.807) is 12.1 Å². The Balaban J connectivity index is 1.93. The van der Waals surface area contributed by atoms with Gasteiger partial charge in [-0.25, -0.2) is 4.79 Å². The van der Waals surface area contributed by atoms with Crippen LogP contribution < -0.4 is 5.32 Å². The molecule has 126 valence electrons. The summed E-state index contributed by atoms with van der Waals surface area (Å²) in [5.41, 5.74) is 3.26. The third kappa shape index (κ3) is 3.22. The summed E-state index contributed by atoms with van der Waals surface area (Å²) in [7, 11) is 1.38. The standard InChI is InChI=1S/C19H21NO3S/c1-11-4-7-13(8-5-11)17(21)20-18-16(19(22)23-3)14-9-6-12(2)10-15(14)24-18/h4-5,7-8,12H,6,9-10H2,1-3H3,(H,20,21)/t12-/m1/s1. The van der Waals surface area contributed by atoms with Gasteiger partial charge in [0.25, 0.3) is 5.91 Å². The van der Waals surface area contributed by atoms with Crippen LogP contribution >= 0.6 is 11.3 Å². The summed E-state index contributed by atoms with van der Waals surface area (Å²) in [5.74, 6) is 0.0235. The molecular weight excluding hydrogens is 322 g/mol. The number of hydrogen-bond acceptors (Lipinski definition) is 4. The van der Waals surface area contributed by atoms with Crippen LogP contribution in [0.15, 0.2) is 24.3 Å². The second-order valence-electron chi connectivity index (χ2n) is 6.37. The number of thiophene rings is 1. The minimum Gasteiger partial charge on any atom is -0.465 e. The lowest BCUT2D eigenvalue weighted by molar-refractivity contribution is 0.0601. The van der Waals surface area contributed by atoms with E-state index in [2.05, 4.69) is 12.2 Å². The minimum atomic E-state index is -0.374. The highest BCUT2D eigenvalue weighted by Crippen LogP contribution is 2.40. The number of methoxy groups -OCH3 is 1. The van der Waals surface area contributed by atoms with Gasteiger partial charge in [-0.3, -0.25) is 4.79 Å². The molecular formula is C19H21NO3S. The molecule has 0 spiro atoms. The number of esters is 1. The van der Waals surface area contributed by atoms with Crippen molar-refractivity contribution in [3.63, 3.8) is 0 Å². The van der Waals surface area contributed by atoms with Crippen LogP contribution in [0.3, 0.4) is 0 Å². The molecule has 0 aliphatic heterocycles. The van der Waals surface area contributed by atoms with Crippen LogP contribution in [0.5, 0.6) is 0 Å². The van der Waals surface area contributed by atoms with Crippen molar-refractivity contribution in [2.24, 2.45) is 5.92 Å². The first kappa shape index (κ1) is 16.7. The van der Waals surface area contributed by atoms with Crippen LogP contribution in [-0.2, 0) is 17.6 Å².